The van der Waals surface area contributed by atoms with Gasteiger partial charge in [-0.25, -0.2) is 9.97 Å². The molecule has 0 bridgehead atoms. The van der Waals surface area contributed by atoms with E-state index in [1.54, 1.807) is 30.6 Å². The number of nitrogens with zero attached hydrogens (tertiary/aromatic N) is 4. The van der Waals surface area contributed by atoms with E-state index in [0.717, 1.165) is 57.7 Å². The first-order valence-electron chi connectivity index (χ1n) is 12.0. The van der Waals surface area contributed by atoms with Crippen LogP contribution < -0.4 is 20.3 Å². The highest BCUT2D eigenvalue weighted by atomic mass is 35.5. The second-order valence-electron chi connectivity index (χ2n) is 9.68. The van der Waals surface area contributed by atoms with Gasteiger partial charge in [-0.15, -0.1) is 0 Å². The molecule has 1 amide bonds. The fourth-order valence-corrected chi connectivity index (χ4v) is 5.53. The molecule has 9 heteroatoms. The Morgan fingerprint density at radius 1 is 1.24 bits per heavy atom. The van der Waals surface area contributed by atoms with Crippen molar-refractivity contribution in [1.82, 2.24) is 20.6 Å². The zero-order chi connectivity index (χ0) is 23.5. The van der Waals surface area contributed by atoms with Gasteiger partial charge in [-0.2, -0.15) is 5.26 Å². The van der Waals surface area contributed by atoms with Crippen LogP contribution in [0.2, 0.25) is 5.02 Å². The van der Waals surface area contributed by atoms with E-state index in [1.807, 2.05) is 6.07 Å². The topological polar surface area (TPSA) is 103 Å². The molecule has 34 heavy (non-hydrogen) atoms. The molecule has 0 radical (unpaired) electrons. The number of hydrogen-bond acceptors (Lipinski definition) is 7. The third-order valence-electron chi connectivity index (χ3n) is 7.34. The summed E-state index contributed by atoms with van der Waals surface area (Å²) in [5, 5.41) is 16.0. The van der Waals surface area contributed by atoms with Gasteiger partial charge in [0.1, 0.15) is 23.3 Å². The lowest BCUT2D eigenvalue weighted by Crippen LogP contribution is -2.40. The van der Waals surface area contributed by atoms with Crippen molar-refractivity contribution in [3.8, 4) is 11.8 Å². The third-order valence-corrected chi connectivity index (χ3v) is 7.65. The van der Waals surface area contributed by atoms with E-state index >= 15 is 0 Å². The van der Waals surface area contributed by atoms with E-state index in [9.17, 15) is 4.79 Å². The Hall–Kier alpha value is -2.89. The molecule has 1 unspecified atom stereocenters. The minimum absolute atomic E-state index is 0.0649. The largest absolute Gasteiger partial charge is 0.490 e. The van der Waals surface area contributed by atoms with Crippen molar-refractivity contribution in [1.29, 1.82) is 5.26 Å². The van der Waals surface area contributed by atoms with Gasteiger partial charge in [0, 0.05) is 37.2 Å². The van der Waals surface area contributed by atoms with Gasteiger partial charge < -0.3 is 20.3 Å². The number of anilines is 1. The molecule has 1 saturated carbocycles. The van der Waals surface area contributed by atoms with Gasteiger partial charge >= 0.3 is 0 Å². The predicted octanol–water partition coefficient (Wildman–Crippen LogP) is 3.31. The van der Waals surface area contributed by atoms with E-state index in [1.165, 1.54) is 12.8 Å². The van der Waals surface area contributed by atoms with Crippen LogP contribution in [0.15, 0.2) is 30.6 Å². The number of halogens is 1. The van der Waals surface area contributed by atoms with Gasteiger partial charge in [-0.3, -0.25) is 4.79 Å². The summed E-state index contributed by atoms with van der Waals surface area (Å²) in [6.07, 6.45) is 9.09. The maximum absolute atomic E-state index is 12.7. The molecule has 3 aliphatic rings. The number of amides is 1. The molecule has 1 aromatic heterocycles. The zero-order valence-electron chi connectivity index (χ0n) is 19.1. The summed E-state index contributed by atoms with van der Waals surface area (Å²) in [6, 6.07) is 7.26. The maximum atomic E-state index is 12.7. The Kier molecular flexibility index (Phi) is 6.57. The normalized spacial score (nSPS) is 26.4. The highest BCUT2D eigenvalue weighted by molar-refractivity contribution is 6.31. The van der Waals surface area contributed by atoms with Crippen LogP contribution in [0, 0.1) is 16.7 Å². The maximum Gasteiger partial charge on any atom is 0.271 e. The summed E-state index contributed by atoms with van der Waals surface area (Å²) in [7, 11) is 0. The minimum atomic E-state index is -0.180. The first-order valence-corrected chi connectivity index (χ1v) is 12.4. The van der Waals surface area contributed by atoms with Crippen LogP contribution in [0.25, 0.3) is 0 Å². The Bertz CT molecular complexity index is 1070. The highest BCUT2D eigenvalue weighted by Crippen LogP contribution is 2.37. The molecular weight excluding hydrogens is 452 g/mol. The second kappa shape index (κ2) is 9.77. The lowest BCUT2D eigenvalue weighted by molar-refractivity contribution is 0.0888. The molecule has 2 N–H and O–H groups in total. The lowest BCUT2D eigenvalue weighted by atomic mass is 9.87. The number of carbonyl (C=O) groups is 1. The Balaban J connectivity index is 1.09. The van der Waals surface area contributed by atoms with Crippen molar-refractivity contribution in [3.05, 3.63) is 46.9 Å². The van der Waals surface area contributed by atoms with Crippen molar-refractivity contribution >= 4 is 23.3 Å². The van der Waals surface area contributed by atoms with Crippen LogP contribution in [-0.4, -0.2) is 54.2 Å². The van der Waals surface area contributed by atoms with Gasteiger partial charge in [0.2, 0.25) is 0 Å². The fraction of sp³-hybridized carbons (Fsp3) is 0.520. The Labute approximate surface area is 204 Å². The average molecular weight is 481 g/mol. The molecule has 1 aromatic carbocycles. The van der Waals surface area contributed by atoms with Crippen LogP contribution in [0.3, 0.4) is 0 Å². The molecule has 1 spiro atoms. The van der Waals surface area contributed by atoms with Crippen molar-refractivity contribution in [2.75, 3.05) is 31.1 Å². The molecule has 2 aliphatic heterocycles. The van der Waals surface area contributed by atoms with Crippen LogP contribution in [-0.2, 0) is 0 Å². The van der Waals surface area contributed by atoms with Crippen molar-refractivity contribution in [2.24, 2.45) is 5.41 Å². The Morgan fingerprint density at radius 2 is 2.09 bits per heavy atom. The second-order valence-corrected chi connectivity index (χ2v) is 10.1. The summed E-state index contributed by atoms with van der Waals surface area (Å²) in [4.78, 5) is 23.9. The van der Waals surface area contributed by atoms with E-state index in [2.05, 4.69) is 25.5 Å². The van der Waals surface area contributed by atoms with Crippen molar-refractivity contribution < 1.29 is 9.53 Å². The third kappa shape index (κ3) is 4.96. The number of hydrogen-bond donors (Lipinski definition) is 2. The lowest BCUT2D eigenvalue weighted by Gasteiger charge is -2.29. The van der Waals surface area contributed by atoms with Gasteiger partial charge in [0.15, 0.2) is 0 Å². The SMILES string of the molecule is N#Cc1ccc(OC2CCC(NC(=O)c3cnc(N4CCC5(CCNC5)C4)cn3)CC2)cc1Cl. The molecule has 2 aromatic rings. The molecule has 3 heterocycles. The zero-order valence-corrected chi connectivity index (χ0v) is 19.9. The van der Waals surface area contributed by atoms with Gasteiger partial charge in [0.05, 0.1) is 29.1 Å². The van der Waals surface area contributed by atoms with Crippen LogP contribution >= 0.6 is 11.6 Å². The summed E-state index contributed by atoms with van der Waals surface area (Å²) >= 11 is 6.09. The summed E-state index contributed by atoms with van der Waals surface area (Å²) < 4.78 is 6.03. The molecule has 3 fully saturated rings. The number of nitriles is 1. The van der Waals surface area contributed by atoms with Crippen molar-refractivity contribution in [3.63, 3.8) is 0 Å². The van der Waals surface area contributed by atoms with Crippen LogP contribution in [0.5, 0.6) is 5.75 Å². The summed E-state index contributed by atoms with van der Waals surface area (Å²) in [6.45, 7) is 4.16. The quantitative estimate of drug-likeness (QED) is 0.676. The van der Waals surface area contributed by atoms with E-state index in [0.29, 0.717) is 27.4 Å². The van der Waals surface area contributed by atoms with Crippen LogP contribution in [0.1, 0.15) is 54.6 Å². The molecule has 8 nitrogen and oxygen atoms in total. The molecule has 5 rings (SSSR count). The molecule has 1 aliphatic carbocycles. The number of nitrogens with one attached hydrogen (secondary N) is 2. The first kappa shape index (κ1) is 22.9. The minimum Gasteiger partial charge on any atom is -0.490 e. The first-order chi connectivity index (χ1) is 16.5. The van der Waals surface area contributed by atoms with E-state index in [4.69, 9.17) is 21.6 Å². The van der Waals surface area contributed by atoms with Crippen LogP contribution in [0.4, 0.5) is 5.82 Å². The molecule has 178 valence electrons. The molecule has 2 saturated heterocycles. The number of rotatable bonds is 5. The predicted molar refractivity (Wildman–Crippen MR) is 129 cm³/mol. The van der Waals surface area contributed by atoms with E-state index in [-0.39, 0.29) is 18.1 Å². The van der Waals surface area contributed by atoms with E-state index < -0.39 is 0 Å². The van der Waals surface area contributed by atoms with Gasteiger partial charge in [-0.1, -0.05) is 11.6 Å². The Morgan fingerprint density at radius 3 is 2.76 bits per heavy atom. The molecular formula is C25H29ClN6O2. The number of aromatic nitrogens is 2. The van der Waals surface area contributed by atoms with Gasteiger partial charge in [-0.05, 0) is 57.2 Å². The summed E-state index contributed by atoms with van der Waals surface area (Å²) in [5.74, 6) is 1.33. The number of benzene rings is 1. The standard InChI is InChI=1S/C25H29ClN6O2/c26-21-11-20(4-1-17(21)12-27)34-19-5-2-18(3-6-19)31-24(33)22-13-30-23(14-29-22)32-10-8-25(16-32)7-9-28-15-25/h1,4,11,13-14,18-19,28H,2-3,5-10,15-16H2,(H,31,33). The number of carbonyl (C=O) groups excluding carboxylic acids is 1. The monoisotopic (exact) mass is 480 g/mol. The summed E-state index contributed by atoms with van der Waals surface area (Å²) in [5.41, 5.74) is 1.16. The number of ether oxygens (including phenoxy) is 1. The smallest absolute Gasteiger partial charge is 0.271 e. The highest BCUT2D eigenvalue weighted by Gasteiger charge is 2.40. The molecule has 1 atom stereocenters. The fourth-order valence-electron chi connectivity index (χ4n) is 5.31. The van der Waals surface area contributed by atoms with Gasteiger partial charge in [0.25, 0.3) is 5.91 Å². The average Bonchev–Trinajstić information content (AvgIpc) is 3.50. The van der Waals surface area contributed by atoms with Crippen molar-refractivity contribution in [2.45, 2.75) is 50.7 Å².